The average Bonchev–Trinajstić information content (AvgIpc) is 2.55. The summed E-state index contributed by atoms with van der Waals surface area (Å²) in [4.78, 5) is 13.9. The second kappa shape index (κ2) is 8.29. The second-order valence-corrected chi connectivity index (χ2v) is 4.79. The second-order valence-electron chi connectivity index (χ2n) is 4.79. The Labute approximate surface area is 151 Å². The van der Waals surface area contributed by atoms with Gasteiger partial charge in [-0.2, -0.15) is 4.57 Å². The van der Waals surface area contributed by atoms with E-state index in [4.69, 9.17) is 5.11 Å². The van der Waals surface area contributed by atoms with Crippen molar-refractivity contribution in [1.29, 1.82) is 0 Å². The Morgan fingerprint density at radius 3 is 2.04 bits per heavy atom. The molecule has 124 valence electrons. The number of aromatic hydroxyl groups is 1. The molecule has 1 aromatic carbocycles. The molecule has 7 heteroatoms. The van der Waals surface area contributed by atoms with Crippen LogP contribution in [0.4, 0.5) is 0 Å². The summed E-state index contributed by atoms with van der Waals surface area (Å²) in [5, 5.41) is 18.7. The number of benzene rings is 1. The fourth-order valence-electron chi connectivity index (χ4n) is 2.23. The number of aromatic carboxylic acids is 1. The number of rotatable bonds is 3. The topological polar surface area (TPSA) is 75.5 Å². The van der Waals surface area contributed by atoms with Crippen LogP contribution in [0, 0.1) is 0 Å². The van der Waals surface area contributed by atoms with Crippen LogP contribution in [-0.4, -0.2) is 16.2 Å². The lowest BCUT2D eigenvalue weighted by atomic mass is 10.1. The molecule has 0 saturated heterocycles. The van der Waals surface area contributed by atoms with Gasteiger partial charge in [-0.3, -0.25) is 0 Å². The highest BCUT2D eigenvalue weighted by Crippen LogP contribution is 2.20. The standard InChI is InChI=1S/C17H12N2O3.2ClH/c20-16-11-14(1-2-15(16)17(21)22)19-9-5-13(6-10-19)12-3-7-18-8-4-12;;/h1-11H,(H-,20,21,22);2*1H. The van der Waals surface area contributed by atoms with Crippen molar-refractivity contribution >= 4 is 5.97 Å². The van der Waals surface area contributed by atoms with Crippen LogP contribution < -0.4 is 34.4 Å². The van der Waals surface area contributed by atoms with Crippen molar-refractivity contribution < 1.29 is 49.4 Å². The first-order valence-electron chi connectivity index (χ1n) is 6.69. The van der Waals surface area contributed by atoms with Crippen LogP contribution in [0.5, 0.6) is 5.75 Å². The number of nitrogens with zero attached hydrogens (tertiary/aromatic N) is 1. The first-order chi connectivity index (χ1) is 10.6. The normalized spacial score (nSPS) is 9.50. The maximum atomic E-state index is 10.9. The van der Waals surface area contributed by atoms with Gasteiger partial charge in [0, 0.05) is 30.3 Å². The average molecular weight is 365 g/mol. The minimum Gasteiger partial charge on any atom is -1.00 e. The highest BCUT2D eigenvalue weighted by molar-refractivity contribution is 5.90. The van der Waals surface area contributed by atoms with Crippen LogP contribution in [0.1, 0.15) is 10.4 Å². The summed E-state index contributed by atoms with van der Waals surface area (Å²) >= 11 is 0. The molecule has 0 radical (unpaired) electrons. The van der Waals surface area contributed by atoms with Crippen LogP contribution in [0.3, 0.4) is 0 Å². The summed E-state index contributed by atoms with van der Waals surface area (Å²) in [6.07, 6.45) is 7.45. The zero-order valence-electron chi connectivity index (χ0n) is 12.4. The number of halogens is 2. The van der Waals surface area contributed by atoms with Gasteiger partial charge in [0.1, 0.15) is 11.3 Å². The molecule has 0 aliphatic heterocycles. The van der Waals surface area contributed by atoms with Gasteiger partial charge in [-0.15, -0.1) is 0 Å². The van der Waals surface area contributed by atoms with Gasteiger partial charge < -0.3 is 35.0 Å². The number of phenols is 1. The molecule has 24 heavy (non-hydrogen) atoms. The Balaban J connectivity index is 0.00000144. The molecule has 0 spiro atoms. The Hall–Kier alpha value is -2.63. The predicted octanol–water partition coefficient (Wildman–Crippen LogP) is -4.14. The molecular formula is C17H14Cl2N2O3. The molecule has 3 rings (SSSR count). The summed E-state index contributed by atoms with van der Waals surface area (Å²) in [6, 6.07) is 12.3. The molecule has 0 bridgehead atoms. The van der Waals surface area contributed by atoms with E-state index in [-0.39, 0.29) is 36.1 Å². The quantitative estimate of drug-likeness (QED) is 0.463. The maximum absolute atomic E-state index is 10.9. The van der Waals surface area contributed by atoms with E-state index in [0.717, 1.165) is 11.1 Å². The minimum absolute atomic E-state index is 0. The Bertz CT molecular complexity index is 825. The van der Waals surface area contributed by atoms with Crippen molar-refractivity contribution in [3.63, 3.8) is 0 Å². The molecular weight excluding hydrogens is 351 g/mol. The van der Waals surface area contributed by atoms with Gasteiger partial charge in [-0.05, 0) is 17.2 Å². The number of hydrogen-bond donors (Lipinski definition) is 2. The van der Waals surface area contributed by atoms with Crippen molar-refractivity contribution in [2.24, 2.45) is 0 Å². The smallest absolute Gasteiger partial charge is 0.339 e. The maximum Gasteiger partial charge on any atom is 0.339 e. The summed E-state index contributed by atoms with van der Waals surface area (Å²) in [5.74, 6) is -1.40. The monoisotopic (exact) mass is 364 g/mol. The van der Waals surface area contributed by atoms with Gasteiger partial charge in [0.05, 0.1) is 6.07 Å². The number of carbonyl (C=O) groups is 1. The molecule has 0 unspecified atom stereocenters. The van der Waals surface area contributed by atoms with Crippen molar-refractivity contribution in [1.82, 2.24) is 0 Å². The van der Waals surface area contributed by atoms with Gasteiger partial charge in [-0.1, -0.05) is 0 Å². The van der Waals surface area contributed by atoms with Crippen molar-refractivity contribution in [2.45, 2.75) is 0 Å². The number of H-pyrrole nitrogens is 1. The van der Waals surface area contributed by atoms with Gasteiger partial charge in [0.15, 0.2) is 24.8 Å². The highest BCUT2D eigenvalue weighted by Gasteiger charge is 2.14. The van der Waals surface area contributed by atoms with Crippen molar-refractivity contribution in [2.75, 3.05) is 0 Å². The Morgan fingerprint density at radius 2 is 1.50 bits per heavy atom. The lowest BCUT2D eigenvalue weighted by Gasteiger charge is -2.02. The van der Waals surface area contributed by atoms with E-state index in [2.05, 4.69) is 4.98 Å². The number of carboxylic acids is 1. The third-order valence-electron chi connectivity index (χ3n) is 3.39. The first-order valence-corrected chi connectivity index (χ1v) is 6.69. The SMILES string of the molecule is O=C(O)c1ccc(-[n+]2ccc(-c3cc[nH+]cc3)cc2)cc1O.[Cl-].[Cl-]. The largest absolute Gasteiger partial charge is 1.00 e. The zero-order valence-corrected chi connectivity index (χ0v) is 13.9. The van der Waals surface area contributed by atoms with Crippen LogP contribution >= 0.6 is 0 Å². The highest BCUT2D eigenvalue weighted by atomic mass is 35.5. The molecule has 3 N–H and O–H groups in total. The van der Waals surface area contributed by atoms with E-state index in [1.54, 1.807) is 6.07 Å². The predicted molar refractivity (Wildman–Crippen MR) is 78.6 cm³/mol. The number of aromatic nitrogens is 2. The summed E-state index contributed by atoms with van der Waals surface area (Å²) in [7, 11) is 0. The number of carboxylic acid groups (broad SMARTS) is 1. The molecule has 0 aliphatic carbocycles. The number of aromatic amines is 1. The van der Waals surface area contributed by atoms with E-state index >= 15 is 0 Å². The summed E-state index contributed by atoms with van der Waals surface area (Å²) in [5.41, 5.74) is 2.74. The van der Waals surface area contributed by atoms with E-state index in [1.807, 2.05) is 53.6 Å². The number of nitrogens with one attached hydrogen (secondary N) is 1. The molecule has 0 atom stereocenters. The summed E-state index contributed by atoms with van der Waals surface area (Å²) < 4.78 is 1.81. The Kier molecular flexibility index (Phi) is 6.70. The Morgan fingerprint density at radius 1 is 0.917 bits per heavy atom. The van der Waals surface area contributed by atoms with E-state index in [0.29, 0.717) is 5.69 Å². The molecule has 0 amide bonds. The molecule has 0 saturated carbocycles. The molecule has 0 aliphatic rings. The van der Waals surface area contributed by atoms with Gasteiger partial charge in [0.2, 0.25) is 5.69 Å². The van der Waals surface area contributed by atoms with Crippen LogP contribution in [0.15, 0.2) is 67.3 Å². The molecule has 3 aromatic rings. The molecule has 2 aromatic heterocycles. The fourth-order valence-corrected chi connectivity index (χ4v) is 2.23. The van der Waals surface area contributed by atoms with E-state index in [1.165, 1.54) is 12.1 Å². The lowest BCUT2D eigenvalue weighted by Crippen LogP contribution is -3.00. The van der Waals surface area contributed by atoms with Gasteiger partial charge in [0.25, 0.3) is 0 Å². The minimum atomic E-state index is -1.15. The van der Waals surface area contributed by atoms with Gasteiger partial charge in [-0.25, -0.2) is 9.78 Å². The first kappa shape index (κ1) is 19.4. The third kappa shape index (κ3) is 4.01. The third-order valence-corrected chi connectivity index (χ3v) is 3.39. The molecule has 5 nitrogen and oxygen atoms in total. The van der Waals surface area contributed by atoms with E-state index in [9.17, 15) is 9.90 Å². The zero-order chi connectivity index (χ0) is 15.5. The molecule has 0 fully saturated rings. The fraction of sp³-hybridized carbons (Fsp3) is 0. The van der Waals surface area contributed by atoms with Crippen molar-refractivity contribution in [3.8, 4) is 22.6 Å². The van der Waals surface area contributed by atoms with Crippen LogP contribution in [0.25, 0.3) is 16.8 Å². The lowest BCUT2D eigenvalue weighted by molar-refractivity contribution is -0.595. The van der Waals surface area contributed by atoms with Crippen molar-refractivity contribution in [3.05, 3.63) is 72.8 Å². The van der Waals surface area contributed by atoms with Crippen LogP contribution in [0.2, 0.25) is 0 Å². The van der Waals surface area contributed by atoms with Crippen LogP contribution in [-0.2, 0) is 0 Å². The van der Waals surface area contributed by atoms with E-state index < -0.39 is 5.97 Å². The van der Waals surface area contributed by atoms with Gasteiger partial charge >= 0.3 is 5.97 Å². The summed E-state index contributed by atoms with van der Waals surface area (Å²) in [6.45, 7) is 0. The molecule has 2 heterocycles. The number of hydrogen-bond acceptors (Lipinski definition) is 2. The number of pyridine rings is 2.